The molecule has 17 heavy (non-hydrogen) atoms. The van der Waals surface area contributed by atoms with Gasteiger partial charge in [-0.15, -0.1) is 0 Å². The first-order valence-electron chi connectivity index (χ1n) is 6.32. The van der Waals surface area contributed by atoms with E-state index in [0.717, 1.165) is 26.1 Å². The maximum Gasteiger partial charge on any atom is 0.248 e. The molecule has 0 atom stereocenters. The lowest BCUT2D eigenvalue weighted by atomic mass is 10.2. The first-order valence-corrected chi connectivity index (χ1v) is 6.32. The van der Waals surface area contributed by atoms with Gasteiger partial charge in [-0.1, -0.05) is 6.92 Å². The van der Waals surface area contributed by atoms with Crippen LogP contribution in [-0.2, 0) is 9.53 Å². The largest absolute Gasteiger partial charge is 0.366 e. The van der Waals surface area contributed by atoms with Crippen LogP contribution in [0.4, 0.5) is 0 Å². The lowest BCUT2D eigenvalue weighted by molar-refractivity contribution is -0.141. The van der Waals surface area contributed by atoms with Gasteiger partial charge in [0.2, 0.25) is 5.91 Å². The maximum absolute atomic E-state index is 12.0. The molecule has 0 rings (SSSR count). The summed E-state index contributed by atoms with van der Waals surface area (Å²) in [5.74, 6) is 0.0867. The highest BCUT2D eigenvalue weighted by Crippen LogP contribution is 2.07. The van der Waals surface area contributed by atoms with E-state index in [1.54, 1.807) is 0 Å². The van der Waals surface area contributed by atoms with Crippen LogP contribution in [0.5, 0.6) is 0 Å². The highest BCUT2D eigenvalue weighted by Gasteiger charge is 2.17. The van der Waals surface area contributed by atoms with Crippen molar-refractivity contribution in [3.63, 3.8) is 0 Å². The molecule has 0 aliphatic carbocycles. The van der Waals surface area contributed by atoms with Crippen molar-refractivity contribution in [1.29, 1.82) is 0 Å². The summed E-state index contributed by atoms with van der Waals surface area (Å²) in [6, 6.07) is 0. The number of carbonyl (C=O) groups is 1. The zero-order valence-corrected chi connectivity index (χ0v) is 12.2. The molecule has 0 aromatic carbocycles. The number of hydrogen-bond donors (Lipinski definition) is 0. The molecule has 0 fully saturated rings. The second-order valence-electron chi connectivity index (χ2n) is 5.59. The quantitative estimate of drug-likeness (QED) is 0.682. The van der Waals surface area contributed by atoms with Crippen molar-refractivity contribution >= 4 is 5.91 Å². The number of amides is 1. The summed E-state index contributed by atoms with van der Waals surface area (Å²) >= 11 is 0. The first-order chi connectivity index (χ1) is 7.76. The molecule has 102 valence electrons. The predicted octanol–water partition coefficient (Wildman–Crippen LogP) is 1.60. The van der Waals surface area contributed by atoms with Crippen molar-refractivity contribution in [2.75, 3.05) is 40.3 Å². The third kappa shape index (κ3) is 9.12. The fraction of sp³-hybridized carbons (Fsp3) is 0.923. The molecule has 0 aliphatic heterocycles. The molecule has 4 nitrogen and oxygen atoms in total. The molecule has 0 heterocycles. The van der Waals surface area contributed by atoms with Crippen molar-refractivity contribution in [2.24, 2.45) is 0 Å². The average Bonchev–Trinajstić information content (AvgIpc) is 2.19. The molecule has 0 spiro atoms. The van der Waals surface area contributed by atoms with Crippen LogP contribution in [0.2, 0.25) is 0 Å². The Morgan fingerprint density at radius 3 is 2.12 bits per heavy atom. The highest BCUT2D eigenvalue weighted by molar-refractivity contribution is 5.77. The normalized spacial score (nSPS) is 11.9. The van der Waals surface area contributed by atoms with E-state index >= 15 is 0 Å². The van der Waals surface area contributed by atoms with E-state index in [1.165, 1.54) is 0 Å². The van der Waals surface area contributed by atoms with Crippen molar-refractivity contribution < 1.29 is 9.53 Å². The van der Waals surface area contributed by atoms with E-state index in [1.807, 2.05) is 39.8 Å². The molecule has 0 aromatic heterocycles. The molecule has 0 bridgehead atoms. The van der Waals surface area contributed by atoms with Crippen LogP contribution in [0.3, 0.4) is 0 Å². The Balaban J connectivity index is 4.14. The van der Waals surface area contributed by atoms with Gasteiger partial charge in [0, 0.05) is 19.6 Å². The van der Waals surface area contributed by atoms with Crippen LogP contribution in [0.1, 0.15) is 34.1 Å². The lowest BCUT2D eigenvalue weighted by Gasteiger charge is -2.26. The molecule has 0 aliphatic rings. The molecule has 0 N–H and O–H groups in total. The van der Waals surface area contributed by atoms with Crippen LogP contribution in [0.15, 0.2) is 0 Å². The Kier molecular flexibility index (Phi) is 7.39. The number of ether oxygens (including phenoxy) is 1. The van der Waals surface area contributed by atoms with Crippen LogP contribution >= 0.6 is 0 Å². The van der Waals surface area contributed by atoms with Crippen LogP contribution < -0.4 is 0 Å². The van der Waals surface area contributed by atoms with E-state index in [-0.39, 0.29) is 18.1 Å². The zero-order valence-electron chi connectivity index (χ0n) is 12.2. The topological polar surface area (TPSA) is 32.8 Å². The van der Waals surface area contributed by atoms with E-state index in [4.69, 9.17) is 4.74 Å². The molecule has 0 saturated heterocycles. The molecule has 0 radical (unpaired) electrons. The Bertz CT molecular complexity index is 222. The summed E-state index contributed by atoms with van der Waals surface area (Å²) in [7, 11) is 4.03. The Labute approximate surface area is 106 Å². The second kappa shape index (κ2) is 7.67. The summed E-state index contributed by atoms with van der Waals surface area (Å²) in [4.78, 5) is 15.9. The minimum Gasteiger partial charge on any atom is -0.366 e. The van der Waals surface area contributed by atoms with Crippen LogP contribution in [0.25, 0.3) is 0 Å². The third-order valence-electron chi connectivity index (χ3n) is 2.29. The summed E-state index contributed by atoms with van der Waals surface area (Å²) in [5, 5.41) is 0. The zero-order chi connectivity index (χ0) is 13.5. The van der Waals surface area contributed by atoms with Gasteiger partial charge in [-0.3, -0.25) is 4.79 Å². The number of rotatable bonds is 7. The number of carbonyl (C=O) groups excluding carboxylic acids is 1. The molecule has 0 aromatic rings. The van der Waals surface area contributed by atoms with Gasteiger partial charge in [-0.25, -0.2) is 0 Å². The van der Waals surface area contributed by atoms with Crippen molar-refractivity contribution in [1.82, 2.24) is 9.80 Å². The van der Waals surface area contributed by atoms with Gasteiger partial charge in [-0.2, -0.15) is 0 Å². The van der Waals surface area contributed by atoms with Crippen molar-refractivity contribution in [3.8, 4) is 0 Å². The van der Waals surface area contributed by atoms with Crippen LogP contribution in [0, 0.1) is 0 Å². The van der Waals surface area contributed by atoms with Gasteiger partial charge >= 0.3 is 0 Å². The molecule has 0 unspecified atom stereocenters. The van der Waals surface area contributed by atoms with Crippen molar-refractivity contribution in [2.45, 2.75) is 39.7 Å². The first kappa shape index (κ1) is 16.4. The predicted molar refractivity (Wildman–Crippen MR) is 71.1 cm³/mol. The van der Waals surface area contributed by atoms with E-state index in [9.17, 15) is 4.79 Å². The van der Waals surface area contributed by atoms with Crippen LogP contribution in [-0.4, -0.2) is 61.6 Å². The standard InChI is InChI=1S/C13H28N2O2/c1-7-8-15(10-9-14(5)6)12(16)11-17-13(2,3)4/h7-11H2,1-6H3. The van der Waals surface area contributed by atoms with Gasteiger partial charge in [0.25, 0.3) is 0 Å². The van der Waals surface area contributed by atoms with E-state index in [0.29, 0.717) is 0 Å². The Morgan fingerprint density at radius 1 is 1.12 bits per heavy atom. The Morgan fingerprint density at radius 2 is 1.71 bits per heavy atom. The fourth-order valence-corrected chi connectivity index (χ4v) is 1.32. The molecule has 4 heteroatoms. The average molecular weight is 244 g/mol. The summed E-state index contributed by atoms with van der Waals surface area (Å²) < 4.78 is 5.52. The SMILES string of the molecule is CCCN(CCN(C)C)C(=O)COC(C)(C)C. The fourth-order valence-electron chi connectivity index (χ4n) is 1.32. The van der Waals surface area contributed by atoms with Gasteiger partial charge < -0.3 is 14.5 Å². The molecule has 1 amide bonds. The highest BCUT2D eigenvalue weighted by atomic mass is 16.5. The van der Waals surface area contributed by atoms with Crippen molar-refractivity contribution in [3.05, 3.63) is 0 Å². The van der Waals surface area contributed by atoms with Gasteiger partial charge in [0.15, 0.2) is 0 Å². The maximum atomic E-state index is 12.0. The molecular weight excluding hydrogens is 216 g/mol. The summed E-state index contributed by atoms with van der Waals surface area (Å²) in [6.07, 6.45) is 0.981. The van der Waals surface area contributed by atoms with Gasteiger partial charge in [0.1, 0.15) is 6.61 Å². The van der Waals surface area contributed by atoms with Gasteiger partial charge in [0.05, 0.1) is 5.60 Å². The summed E-state index contributed by atoms with van der Waals surface area (Å²) in [6.45, 7) is 10.6. The number of hydrogen-bond acceptors (Lipinski definition) is 3. The molecular formula is C13H28N2O2. The molecule has 0 saturated carbocycles. The number of nitrogens with zero attached hydrogens (tertiary/aromatic N) is 2. The second-order valence-corrected chi connectivity index (χ2v) is 5.59. The number of likely N-dealkylation sites (N-methyl/N-ethyl adjacent to an activating group) is 1. The minimum absolute atomic E-state index is 0.0867. The third-order valence-corrected chi connectivity index (χ3v) is 2.29. The lowest BCUT2D eigenvalue weighted by Crippen LogP contribution is -2.40. The summed E-state index contributed by atoms with van der Waals surface area (Å²) in [5.41, 5.74) is -0.255. The smallest absolute Gasteiger partial charge is 0.248 e. The monoisotopic (exact) mass is 244 g/mol. The Hall–Kier alpha value is -0.610. The van der Waals surface area contributed by atoms with E-state index in [2.05, 4.69) is 11.8 Å². The van der Waals surface area contributed by atoms with Gasteiger partial charge in [-0.05, 0) is 41.3 Å². The van der Waals surface area contributed by atoms with E-state index < -0.39 is 0 Å². The minimum atomic E-state index is -0.255.